The second-order valence-corrected chi connectivity index (χ2v) is 4.10. The molecule has 0 bridgehead atoms. The lowest BCUT2D eigenvalue weighted by Gasteiger charge is -2.18. The minimum absolute atomic E-state index is 0.117. The van der Waals surface area contributed by atoms with Crippen LogP contribution in [0.15, 0.2) is 24.3 Å². The van der Waals surface area contributed by atoms with Gasteiger partial charge >= 0.3 is 0 Å². The van der Waals surface area contributed by atoms with Crippen molar-refractivity contribution in [2.24, 2.45) is 11.1 Å². The van der Waals surface area contributed by atoms with Gasteiger partial charge in [0.15, 0.2) is 0 Å². The van der Waals surface area contributed by atoms with Gasteiger partial charge in [0.25, 0.3) is 0 Å². The first-order valence-electron chi connectivity index (χ1n) is 4.92. The monoisotopic (exact) mass is 186 g/mol. The Hall–Kier alpha value is -1.33. The van der Waals surface area contributed by atoms with E-state index >= 15 is 0 Å². The molecule has 14 heavy (non-hydrogen) atoms. The molecule has 2 N–H and O–H groups in total. The molecule has 1 saturated carbocycles. The predicted molar refractivity (Wildman–Crippen MR) is 55.4 cm³/mol. The predicted octanol–water partition coefficient (Wildman–Crippen LogP) is 2.30. The minimum atomic E-state index is -0.272. The van der Waals surface area contributed by atoms with Crippen molar-refractivity contribution in [3.05, 3.63) is 35.4 Å². The largest absolute Gasteiger partial charge is 0.323 e. The highest BCUT2D eigenvalue weighted by molar-refractivity contribution is 5.34. The van der Waals surface area contributed by atoms with Crippen LogP contribution >= 0.6 is 0 Å². The van der Waals surface area contributed by atoms with Crippen LogP contribution in [0.4, 0.5) is 0 Å². The van der Waals surface area contributed by atoms with Crippen molar-refractivity contribution in [3.63, 3.8) is 0 Å². The van der Waals surface area contributed by atoms with Gasteiger partial charge in [-0.25, -0.2) is 0 Å². The second-order valence-electron chi connectivity index (χ2n) is 4.10. The third-order valence-electron chi connectivity index (χ3n) is 3.13. The number of nitriles is 1. The van der Waals surface area contributed by atoms with Gasteiger partial charge in [-0.3, -0.25) is 0 Å². The fraction of sp³-hybridized carbons (Fsp3) is 0.417. The van der Waals surface area contributed by atoms with Crippen molar-refractivity contribution < 1.29 is 0 Å². The molecule has 0 heterocycles. The molecular weight excluding hydrogens is 172 g/mol. The standard InChI is InChI=1S/C12H14N2/c1-9-4-2-3-5-10(9)11(14)12(8-13)6-7-12/h2-5,11H,6-7,14H2,1H3. The molecule has 2 rings (SSSR count). The lowest BCUT2D eigenvalue weighted by Crippen LogP contribution is -2.22. The molecule has 0 spiro atoms. The van der Waals surface area contributed by atoms with Gasteiger partial charge in [-0.1, -0.05) is 24.3 Å². The van der Waals surface area contributed by atoms with E-state index in [-0.39, 0.29) is 11.5 Å². The molecular formula is C12H14N2. The maximum atomic E-state index is 9.05. The van der Waals surface area contributed by atoms with Crippen LogP contribution < -0.4 is 5.73 Å². The molecule has 0 amide bonds. The highest BCUT2D eigenvalue weighted by Crippen LogP contribution is 2.53. The van der Waals surface area contributed by atoms with Gasteiger partial charge in [0.1, 0.15) is 0 Å². The fourth-order valence-electron chi connectivity index (χ4n) is 1.86. The number of nitrogens with zero attached hydrogens (tertiary/aromatic N) is 1. The lowest BCUT2D eigenvalue weighted by molar-refractivity contribution is 0.517. The molecule has 72 valence electrons. The lowest BCUT2D eigenvalue weighted by atomic mass is 9.89. The molecule has 2 heteroatoms. The molecule has 1 aliphatic carbocycles. The fourth-order valence-corrected chi connectivity index (χ4v) is 1.86. The Kier molecular flexibility index (Phi) is 2.05. The van der Waals surface area contributed by atoms with Crippen molar-refractivity contribution in [2.75, 3.05) is 0 Å². The Morgan fingerprint density at radius 3 is 2.57 bits per heavy atom. The molecule has 1 aromatic carbocycles. The Labute approximate surface area is 84.3 Å². The van der Waals surface area contributed by atoms with Crippen LogP contribution in [0.3, 0.4) is 0 Å². The summed E-state index contributed by atoms with van der Waals surface area (Å²) < 4.78 is 0. The third-order valence-corrected chi connectivity index (χ3v) is 3.13. The van der Waals surface area contributed by atoms with E-state index in [1.54, 1.807) is 0 Å². The summed E-state index contributed by atoms with van der Waals surface area (Å²) in [5.74, 6) is 0. The van der Waals surface area contributed by atoms with Gasteiger partial charge in [0, 0.05) is 6.04 Å². The molecule has 2 nitrogen and oxygen atoms in total. The van der Waals surface area contributed by atoms with Gasteiger partial charge in [-0.2, -0.15) is 5.26 Å². The zero-order chi connectivity index (χ0) is 10.2. The summed E-state index contributed by atoms with van der Waals surface area (Å²) >= 11 is 0. The smallest absolute Gasteiger partial charge is 0.0767 e. The van der Waals surface area contributed by atoms with E-state index in [1.165, 1.54) is 5.56 Å². The van der Waals surface area contributed by atoms with Crippen LogP contribution in [0, 0.1) is 23.7 Å². The summed E-state index contributed by atoms with van der Waals surface area (Å²) in [6, 6.07) is 10.3. The number of aryl methyl sites for hydroxylation is 1. The quantitative estimate of drug-likeness (QED) is 0.770. The Morgan fingerprint density at radius 1 is 1.43 bits per heavy atom. The van der Waals surface area contributed by atoms with Crippen molar-refractivity contribution in [3.8, 4) is 6.07 Å². The first-order chi connectivity index (χ1) is 6.69. The van der Waals surface area contributed by atoms with Crippen LogP contribution in [-0.4, -0.2) is 0 Å². The van der Waals surface area contributed by atoms with Gasteiger partial charge in [-0.15, -0.1) is 0 Å². The average molecular weight is 186 g/mol. The van der Waals surface area contributed by atoms with Gasteiger partial charge in [0.05, 0.1) is 11.5 Å². The summed E-state index contributed by atoms with van der Waals surface area (Å²) in [6.45, 7) is 2.04. The average Bonchev–Trinajstić information content (AvgIpc) is 2.98. The maximum absolute atomic E-state index is 9.05. The van der Waals surface area contributed by atoms with Crippen LogP contribution in [-0.2, 0) is 0 Å². The SMILES string of the molecule is Cc1ccccc1C(N)C1(C#N)CC1. The van der Waals surface area contributed by atoms with Crippen molar-refractivity contribution >= 4 is 0 Å². The molecule has 1 unspecified atom stereocenters. The number of hydrogen-bond acceptors (Lipinski definition) is 2. The summed E-state index contributed by atoms with van der Waals surface area (Å²) in [4.78, 5) is 0. The van der Waals surface area contributed by atoms with E-state index in [4.69, 9.17) is 11.0 Å². The topological polar surface area (TPSA) is 49.8 Å². The van der Waals surface area contributed by atoms with Crippen molar-refractivity contribution in [1.29, 1.82) is 5.26 Å². The highest BCUT2D eigenvalue weighted by atomic mass is 14.7. The summed E-state index contributed by atoms with van der Waals surface area (Å²) in [6.07, 6.45) is 1.89. The zero-order valence-corrected chi connectivity index (χ0v) is 8.33. The molecule has 0 aliphatic heterocycles. The van der Waals surface area contributed by atoms with E-state index in [9.17, 15) is 0 Å². The van der Waals surface area contributed by atoms with E-state index in [2.05, 4.69) is 6.07 Å². The Balaban J connectivity index is 2.33. The zero-order valence-electron chi connectivity index (χ0n) is 8.33. The molecule has 1 aliphatic rings. The van der Waals surface area contributed by atoms with Crippen LogP contribution in [0.1, 0.15) is 30.0 Å². The van der Waals surface area contributed by atoms with E-state index in [0.717, 1.165) is 18.4 Å². The first kappa shape index (κ1) is 9.23. The molecule has 0 saturated heterocycles. The minimum Gasteiger partial charge on any atom is -0.323 e. The molecule has 0 aromatic heterocycles. The maximum Gasteiger partial charge on any atom is 0.0767 e. The van der Waals surface area contributed by atoms with Crippen LogP contribution in [0.5, 0.6) is 0 Å². The highest BCUT2D eigenvalue weighted by Gasteiger charge is 2.49. The van der Waals surface area contributed by atoms with Crippen LogP contribution in [0.2, 0.25) is 0 Å². The van der Waals surface area contributed by atoms with Gasteiger partial charge in [0.2, 0.25) is 0 Å². The number of nitrogens with two attached hydrogens (primary N) is 1. The van der Waals surface area contributed by atoms with Gasteiger partial charge in [-0.05, 0) is 30.9 Å². The molecule has 1 fully saturated rings. The van der Waals surface area contributed by atoms with E-state index in [0.29, 0.717) is 0 Å². The molecule has 0 radical (unpaired) electrons. The summed E-state index contributed by atoms with van der Waals surface area (Å²) in [5.41, 5.74) is 8.15. The summed E-state index contributed by atoms with van der Waals surface area (Å²) in [5, 5.41) is 9.05. The van der Waals surface area contributed by atoms with Gasteiger partial charge < -0.3 is 5.73 Å². The van der Waals surface area contributed by atoms with E-state index in [1.807, 2.05) is 31.2 Å². The number of benzene rings is 1. The Bertz CT molecular complexity index is 386. The Morgan fingerprint density at radius 2 is 2.07 bits per heavy atom. The number of rotatable bonds is 2. The van der Waals surface area contributed by atoms with E-state index < -0.39 is 0 Å². The molecule has 1 atom stereocenters. The van der Waals surface area contributed by atoms with Crippen molar-refractivity contribution in [1.82, 2.24) is 0 Å². The molecule has 1 aromatic rings. The summed E-state index contributed by atoms with van der Waals surface area (Å²) in [7, 11) is 0. The second kappa shape index (κ2) is 3.11. The normalized spacial score (nSPS) is 19.8. The first-order valence-corrected chi connectivity index (χ1v) is 4.92. The van der Waals surface area contributed by atoms with Crippen LogP contribution in [0.25, 0.3) is 0 Å². The third kappa shape index (κ3) is 1.30. The number of hydrogen-bond donors (Lipinski definition) is 1. The van der Waals surface area contributed by atoms with Crippen molar-refractivity contribution in [2.45, 2.75) is 25.8 Å².